The zero-order chi connectivity index (χ0) is 18.3. The van der Waals surface area contributed by atoms with Gasteiger partial charge in [-0.3, -0.25) is 9.48 Å². The molecular weight excluding hydrogens is 330 g/mol. The topological polar surface area (TPSA) is 67.4 Å². The maximum Gasteiger partial charge on any atom is 0.274 e. The average Bonchev–Trinajstić information content (AvgIpc) is 3.31. The fraction of sp³-hybridized carbons (Fsp3) is 0.632. The predicted octanol–water partition coefficient (Wildman–Crippen LogP) is 2.81. The van der Waals surface area contributed by atoms with Crippen LogP contribution in [-0.4, -0.2) is 50.8 Å². The largest absolute Gasteiger partial charge is 0.361 e. The van der Waals surface area contributed by atoms with Crippen LogP contribution in [0.25, 0.3) is 0 Å². The number of fused-ring (bicyclic) bond motifs is 1. The van der Waals surface area contributed by atoms with E-state index in [2.05, 4.69) is 36.1 Å². The number of hydrogen-bond acceptors (Lipinski definition) is 5. The number of aromatic nitrogens is 3. The SMILES string of the molecule is CC(C)c1cc([C@H]2CCCN2C(=O)c2cc3n(n2)CCCN(C)C3)no1. The van der Waals surface area contributed by atoms with Gasteiger partial charge in [-0.25, -0.2) is 0 Å². The first kappa shape index (κ1) is 17.3. The lowest BCUT2D eigenvalue weighted by Crippen LogP contribution is -2.31. The first-order chi connectivity index (χ1) is 12.5. The van der Waals surface area contributed by atoms with E-state index in [1.807, 2.05) is 21.7 Å². The highest BCUT2D eigenvalue weighted by atomic mass is 16.5. The molecule has 140 valence electrons. The van der Waals surface area contributed by atoms with Crippen LogP contribution in [0.2, 0.25) is 0 Å². The van der Waals surface area contributed by atoms with E-state index in [-0.39, 0.29) is 11.9 Å². The number of rotatable bonds is 3. The second-order valence-corrected chi connectivity index (χ2v) is 7.80. The monoisotopic (exact) mass is 357 g/mol. The van der Waals surface area contributed by atoms with Crippen molar-refractivity contribution in [1.29, 1.82) is 0 Å². The fourth-order valence-electron chi connectivity index (χ4n) is 3.92. The molecule has 2 aromatic rings. The molecule has 1 atom stereocenters. The number of likely N-dealkylation sites (tertiary alicyclic amines) is 1. The Labute approximate surface area is 153 Å². The number of carbonyl (C=O) groups is 1. The van der Waals surface area contributed by atoms with E-state index < -0.39 is 0 Å². The number of carbonyl (C=O) groups excluding carboxylic acids is 1. The highest BCUT2D eigenvalue weighted by Gasteiger charge is 2.34. The molecule has 2 aliphatic heterocycles. The van der Waals surface area contributed by atoms with Crippen LogP contribution in [-0.2, 0) is 13.1 Å². The summed E-state index contributed by atoms with van der Waals surface area (Å²) in [7, 11) is 2.11. The first-order valence-corrected chi connectivity index (χ1v) is 9.55. The number of amides is 1. The van der Waals surface area contributed by atoms with Crippen molar-refractivity contribution < 1.29 is 9.32 Å². The van der Waals surface area contributed by atoms with E-state index in [1.165, 1.54) is 0 Å². The number of hydrogen-bond donors (Lipinski definition) is 0. The third-order valence-corrected chi connectivity index (χ3v) is 5.39. The molecule has 7 nitrogen and oxygen atoms in total. The lowest BCUT2D eigenvalue weighted by Gasteiger charge is -2.22. The van der Waals surface area contributed by atoms with Crippen LogP contribution in [0.15, 0.2) is 16.7 Å². The molecule has 4 rings (SSSR count). The molecule has 4 heterocycles. The van der Waals surface area contributed by atoms with Gasteiger partial charge in [-0.2, -0.15) is 5.10 Å². The van der Waals surface area contributed by atoms with E-state index in [0.717, 1.165) is 62.6 Å². The van der Waals surface area contributed by atoms with Crippen LogP contribution >= 0.6 is 0 Å². The molecule has 7 heteroatoms. The average molecular weight is 357 g/mol. The second kappa shape index (κ2) is 6.87. The first-order valence-electron chi connectivity index (χ1n) is 9.55. The minimum Gasteiger partial charge on any atom is -0.361 e. The van der Waals surface area contributed by atoms with E-state index in [1.54, 1.807) is 0 Å². The summed E-state index contributed by atoms with van der Waals surface area (Å²) in [5.74, 6) is 1.17. The minimum atomic E-state index is -0.0112. The molecule has 1 amide bonds. The van der Waals surface area contributed by atoms with Gasteiger partial charge in [-0.05, 0) is 32.4 Å². The van der Waals surface area contributed by atoms with Gasteiger partial charge in [0.1, 0.15) is 11.5 Å². The van der Waals surface area contributed by atoms with Gasteiger partial charge >= 0.3 is 0 Å². The minimum absolute atomic E-state index is 0.00447. The van der Waals surface area contributed by atoms with Crippen LogP contribution in [0.3, 0.4) is 0 Å². The highest BCUT2D eigenvalue weighted by Crippen LogP contribution is 2.33. The number of nitrogens with zero attached hydrogens (tertiary/aromatic N) is 5. The van der Waals surface area contributed by atoms with Crippen molar-refractivity contribution in [3.05, 3.63) is 35.0 Å². The molecule has 0 aromatic carbocycles. The van der Waals surface area contributed by atoms with Crippen LogP contribution in [0, 0.1) is 0 Å². The van der Waals surface area contributed by atoms with Crippen molar-refractivity contribution in [3.8, 4) is 0 Å². The van der Waals surface area contributed by atoms with E-state index in [0.29, 0.717) is 11.6 Å². The molecule has 1 fully saturated rings. The molecule has 0 radical (unpaired) electrons. The quantitative estimate of drug-likeness (QED) is 0.845. The van der Waals surface area contributed by atoms with Gasteiger partial charge in [0.25, 0.3) is 5.91 Å². The fourth-order valence-corrected chi connectivity index (χ4v) is 3.92. The zero-order valence-corrected chi connectivity index (χ0v) is 15.8. The van der Waals surface area contributed by atoms with Crippen LogP contribution < -0.4 is 0 Å². The molecule has 2 aromatic heterocycles. The third kappa shape index (κ3) is 3.16. The maximum atomic E-state index is 13.1. The van der Waals surface area contributed by atoms with Gasteiger partial charge < -0.3 is 14.3 Å². The molecule has 0 spiro atoms. The Kier molecular flexibility index (Phi) is 4.56. The Morgan fingerprint density at radius 1 is 1.23 bits per heavy atom. The summed E-state index contributed by atoms with van der Waals surface area (Å²) in [6.07, 6.45) is 2.96. The molecule has 1 saturated heterocycles. The number of aryl methyl sites for hydroxylation is 1. The molecule has 0 N–H and O–H groups in total. The van der Waals surface area contributed by atoms with Crippen LogP contribution in [0.4, 0.5) is 0 Å². The molecular formula is C19H27N5O2. The van der Waals surface area contributed by atoms with Crippen LogP contribution in [0.5, 0.6) is 0 Å². The van der Waals surface area contributed by atoms with Gasteiger partial charge in [0.05, 0.1) is 11.7 Å². The lowest BCUT2D eigenvalue weighted by atomic mass is 10.1. The highest BCUT2D eigenvalue weighted by molar-refractivity contribution is 5.93. The Morgan fingerprint density at radius 2 is 2.08 bits per heavy atom. The smallest absolute Gasteiger partial charge is 0.274 e. The normalized spacial score (nSPS) is 21.2. The Morgan fingerprint density at radius 3 is 2.85 bits per heavy atom. The summed E-state index contributed by atoms with van der Waals surface area (Å²) in [4.78, 5) is 17.3. The Balaban J connectivity index is 1.56. The lowest BCUT2D eigenvalue weighted by molar-refractivity contribution is 0.0723. The summed E-state index contributed by atoms with van der Waals surface area (Å²) < 4.78 is 7.45. The van der Waals surface area contributed by atoms with E-state index in [9.17, 15) is 4.79 Å². The molecule has 0 bridgehead atoms. The second-order valence-electron chi connectivity index (χ2n) is 7.80. The van der Waals surface area contributed by atoms with Crippen LogP contribution in [0.1, 0.15) is 72.7 Å². The van der Waals surface area contributed by atoms with Crippen molar-refractivity contribution >= 4 is 5.91 Å². The van der Waals surface area contributed by atoms with E-state index in [4.69, 9.17) is 4.52 Å². The molecule has 0 unspecified atom stereocenters. The van der Waals surface area contributed by atoms with Crippen molar-refractivity contribution in [3.63, 3.8) is 0 Å². The zero-order valence-electron chi connectivity index (χ0n) is 15.8. The van der Waals surface area contributed by atoms with Crippen molar-refractivity contribution in [2.75, 3.05) is 20.1 Å². The summed E-state index contributed by atoms with van der Waals surface area (Å²) in [6.45, 7) is 7.68. The van der Waals surface area contributed by atoms with Crippen molar-refractivity contribution in [1.82, 2.24) is 24.7 Å². The Hall–Kier alpha value is -2.15. The summed E-state index contributed by atoms with van der Waals surface area (Å²) in [5, 5.41) is 8.84. The molecule has 0 aliphatic carbocycles. The van der Waals surface area contributed by atoms with Gasteiger partial charge in [0.2, 0.25) is 0 Å². The predicted molar refractivity (Wildman–Crippen MR) is 96.8 cm³/mol. The molecule has 26 heavy (non-hydrogen) atoms. The van der Waals surface area contributed by atoms with E-state index >= 15 is 0 Å². The van der Waals surface area contributed by atoms with Crippen molar-refractivity contribution in [2.24, 2.45) is 0 Å². The third-order valence-electron chi connectivity index (χ3n) is 5.39. The summed E-state index contributed by atoms with van der Waals surface area (Å²) in [5.41, 5.74) is 2.53. The van der Waals surface area contributed by atoms with Crippen molar-refractivity contribution in [2.45, 2.75) is 58.2 Å². The molecule has 0 saturated carbocycles. The van der Waals surface area contributed by atoms with Gasteiger partial charge in [0.15, 0.2) is 5.69 Å². The maximum absolute atomic E-state index is 13.1. The molecule has 2 aliphatic rings. The van der Waals surface area contributed by atoms with Gasteiger partial charge in [-0.15, -0.1) is 0 Å². The standard InChI is InChI=1S/C19H27N5O2/c1-13(2)18-11-15(21-26-18)17-6-4-8-23(17)19(25)16-10-14-12-22(3)7-5-9-24(14)20-16/h10-11,13,17H,4-9,12H2,1-3H3/t17-/m1/s1. The van der Waals surface area contributed by atoms with Gasteiger partial charge in [-0.1, -0.05) is 19.0 Å². The Bertz CT molecular complexity index is 794. The van der Waals surface area contributed by atoms with Gasteiger partial charge in [0, 0.05) is 38.2 Å². The summed E-state index contributed by atoms with van der Waals surface area (Å²) in [6, 6.07) is 3.95. The summed E-state index contributed by atoms with van der Waals surface area (Å²) >= 11 is 0.